The molecule has 7 heterocycles. The standard InChI is InChI=1S/C47H53ClN10O8/c1-25(2)56-37-9-4-27(16-26(37)17-39(46(56)64)65-24-41(60)49-3)51-42-36(48)21-50-47(53-42)54-14-12-32(13-15-54)66-33-18-31(19-33)57-29-5-6-30(57)23-55(22-29)28-7-8-34-35(20-28)45(63)58(44(34)62)38-10-11-40(59)52-43(38)61/h4,7-9,16-17,20-21,25,29-33,38H,5-6,10-15,18-19,22-24H2,1-3H3,(H,49,60)(H,50,51,53)(H,52,59,61)/t29?,30?,31-,33-,38?. The zero-order valence-electron chi connectivity index (χ0n) is 37.1. The number of halogens is 1. The molecule has 4 aromatic rings. The highest BCUT2D eigenvalue weighted by Crippen LogP contribution is 2.42. The molecule has 18 nitrogen and oxygen atoms in total. The Bertz CT molecular complexity index is 2680. The smallest absolute Gasteiger partial charge is 0.293 e. The molecule has 1 aliphatic carbocycles. The topological polar surface area (TPSA) is 201 Å². The number of imide groups is 2. The lowest BCUT2D eigenvalue weighted by molar-refractivity contribution is -0.136. The quantitative estimate of drug-likeness (QED) is 0.171. The number of carbonyl (C=O) groups is 5. The van der Waals surface area contributed by atoms with Crippen LogP contribution in [0.3, 0.4) is 0 Å². The van der Waals surface area contributed by atoms with Gasteiger partial charge in [-0.3, -0.25) is 43.9 Å². The first-order valence-corrected chi connectivity index (χ1v) is 23.3. The second-order valence-corrected chi connectivity index (χ2v) is 18.9. The van der Waals surface area contributed by atoms with Crippen LogP contribution < -0.4 is 36.0 Å². The van der Waals surface area contributed by atoms with E-state index >= 15 is 0 Å². The van der Waals surface area contributed by atoms with Gasteiger partial charge in [-0.25, -0.2) is 4.98 Å². The third kappa shape index (κ3) is 8.12. The number of rotatable bonds is 12. The van der Waals surface area contributed by atoms with E-state index in [9.17, 15) is 28.8 Å². The van der Waals surface area contributed by atoms with Crippen LogP contribution in [0.5, 0.6) is 5.75 Å². The third-order valence-electron chi connectivity index (χ3n) is 14.1. The van der Waals surface area contributed by atoms with Gasteiger partial charge >= 0.3 is 0 Å². The molecular formula is C47H53ClN10O8. The Morgan fingerprint density at radius 2 is 1.62 bits per heavy atom. The maximum absolute atomic E-state index is 13.5. The molecule has 3 unspecified atom stereocenters. The molecule has 0 spiro atoms. The van der Waals surface area contributed by atoms with Crippen LogP contribution in [0.2, 0.25) is 5.02 Å². The predicted octanol–water partition coefficient (Wildman–Crippen LogP) is 4.17. The Hall–Kier alpha value is -6.11. The number of aromatic nitrogens is 3. The van der Waals surface area contributed by atoms with E-state index < -0.39 is 29.7 Å². The minimum absolute atomic E-state index is 0.0864. The molecule has 2 bridgehead atoms. The van der Waals surface area contributed by atoms with Gasteiger partial charge < -0.3 is 34.5 Å². The lowest BCUT2D eigenvalue weighted by Gasteiger charge is -2.51. The summed E-state index contributed by atoms with van der Waals surface area (Å²) in [5, 5.41) is 9.21. The van der Waals surface area contributed by atoms with Gasteiger partial charge in [-0.05, 0) is 101 Å². The minimum Gasteiger partial charge on any atom is -0.478 e. The lowest BCUT2D eigenvalue weighted by atomic mass is 9.85. The summed E-state index contributed by atoms with van der Waals surface area (Å²) < 4.78 is 13.9. The molecule has 3 atom stereocenters. The zero-order chi connectivity index (χ0) is 46.0. The van der Waals surface area contributed by atoms with Gasteiger partial charge in [0.25, 0.3) is 23.3 Å². The van der Waals surface area contributed by atoms with E-state index in [4.69, 9.17) is 26.1 Å². The number of hydrogen-bond donors (Lipinski definition) is 3. The number of piperazine rings is 1. The molecular weight excluding hydrogens is 868 g/mol. The van der Waals surface area contributed by atoms with E-state index in [1.54, 1.807) is 29.0 Å². The van der Waals surface area contributed by atoms with Gasteiger partial charge in [0.05, 0.1) is 35.0 Å². The Morgan fingerprint density at radius 3 is 2.33 bits per heavy atom. The van der Waals surface area contributed by atoms with Crippen LogP contribution in [0.1, 0.15) is 92.0 Å². The molecule has 5 amide bonds. The molecule has 3 N–H and O–H groups in total. The maximum atomic E-state index is 13.5. The van der Waals surface area contributed by atoms with Gasteiger partial charge in [0, 0.05) is 80.6 Å². The number of likely N-dealkylation sites (N-methyl/N-ethyl adjacent to an activating group) is 1. The van der Waals surface area contributed by atoms with Crippen molar-refractivity contribution in [2.45, 2.75) is 108 Å². The van der Waals surface area contributed by atoms with Gasteiger partial charge in [0.1, 0.15) is 11.1 Å². The van der Waals surface area contributed by atoms with Crippen molar-refractivity contribution in [3.05, 3.63) is 75.2 Å². The molecule has 0 radical (unpaired) electrons. The molecule has 10 rings (SSSR count). The first-order valence-electron chi connectivity index (χ1n) is 22.9. The summed E-state index contributed by atoms with van der Waals surface area (Å²) >= 11 is 6.61. The highest BCUT2D eigenvalue weighted by Gasteiger charge is 2.49. The molecule has 346 valence electrons. The van der Waals surface area contributed by atoms with Crippen molar-refractivity contribution in [1.29, 1.82) is 0 Å². The normalized spacial score (nSPS) is 24.5. The van der Waals surface area contributed by atoms with Crippen LogP contribution in [-0.4, -0.2) is 130 Å². The molecule has 6 aliphatic rings. The number of anilines is 4. The van der Waals surface area contributed by atoms with Crippen molar-refractivity contribution in [1.82, 2.24) is 35.0 Å². The number of amides is 5. The van der Waals surface area contributed by atoms with Gasteiger partial charge in [-0.15, -0.1) is 0 Å². The Balaban J connectivity index is 0.717. The number of benzene rings is 2. The molecule has 19 heteroatoms. The van der Waals surface area contributed by atoms with Gasteiger partial charge in [0.2, 0.25) is 17.8 Å². The van der Waals surface area contributed by atoms with Crippen molar-refractivity contribution in [3.8, 4) is 5.75 Å². The first kappa shape index (κ1) is 43.8. The van der Waals surface area contributed by atoms with Gasteiger partial charge in [-0.2, -0.15) is 4.98 Å². The molecule has 2 aromatic carbocycles. The Kier molecular flexibility index (Phi) is 11.7. The summed E-state index contributed by atoms with van der Waals surface area (Å²) in [6.07, 6.45) is 8.12. The zero-order valence-corrected chi connectivity index (χ0v) is 37.9. The molecule has 4 saturated heterocycles. The average molecular weight is 921 g/mol. The number of carbonyl (C=O) groups excluding carboxylic acids is 5. The monoisotopic (exact) mass is 920 g/mol. The van der Waals surface area contributed by atoms with Crippen molar-refractivity contribution in [2.24, 2.45) is 0 Å². The molecule has 66 heavy (non-hydrogen) atoms. The van der Waals surface area contributed by atoms with Crippen molar-refractivity contribution < 1.29 is 33.4 Å². The van der Waals surface area contributed by atoms with Crippen molar-refractivity contribution in [2.75, 3.05) is 55.0 Å². The SMILES string of the molecule is CNC(=O)COc1cc2cc(Nc3nc(N4CCC(O[C@H]5C[C@H](N6C7CCC6CN(c6ccc8c(c6)C(=O)N(C6CCC(=O)NC6=O)C8=O)C7)C5)CC4)ncc3Cl)ccc2n(C(C)C)c1=O. The average Bonchev–Trinajstić information content (AvgIpc) is 3.68. The number of pyridine rings is 1. The van der Waals surface area contributed by atoms with Crippen LogP contribution in [0.4, 0.5) is 23.1 Å². The number of piperidine rings is 2. The van der Waals surface area contributed by atoms with Crippen LogP contribution in [0, 0.1) is 0 Å². The fraction of sp³-hybridized carbons (Fsp3) is 0.489. The fourth-order valence-corrected chi connectivity index (χ4v) is 10.9. The number of nitrogens with one attached hydrogen (secondary N) is 3. The third-order valence-corrected chi connectivity index (χ3v) is 14.4. The van der Waals surface area contributed by atoms with E-state index in [1.807, 2.05) is 38.1 Å². The van der Waals surface area contributed by atoms with Gasteiger partial charge in [0.15, 0.2) is 18.2 Å². The lowest BCUT2D eigenvalue weighted by Crippen LogP contribution is -2.61. The van der Waals surface area contributed by atoms with E-state index in [2.05, 4.69) is 35.6 Å². The van der Waals surface area contributed by atoms with E-state index in [0.29, 0.717) is 51.7 Å². The summed E-state index contributed by atoms with van der Waals surface area (Å²) in [7, 11) is 1.51. The van der Waals surface area contributed by atoms with Crippen molar-refractivity contribution in [3.63, 3.8) is 0 Å². The van der Waals surface area contributed by atoms with Crippen LogP contribution >= 0.6 is 11.6 Å². The second-order valence-electron chi connectivity index (χ2n) is 18.5. The van der Waals surface area contributed by atoms with E-state index in [0.717, 1.165) is 86.2 Å². The number of fused-ring (bicyclic) bond motifs is 4. The molecule has 2 aromatic heterocycles. The fourth-order valence-electron chi connectivity index (χ4n) is 10.7. The number of hydrogen-bond acceptors (Lipinski definition) is 14. The summed E-state index contributed by atoms with van der Waals surface area (Å²) in [5.74, 6) is -1.19. The largest absolute Gasteiger partial charge is 0.478 e. The maximum Gasteiger partial charge on any atom is 0.293 e. The summed E-state index contributed by atoms with van der Waals surface area (Å²) in [5.41, 5.74) is 2.64. The van der Waals surface area contributed by atoms with Crippen LogP contribution in [-0.2, 0) is 19.1 Å². The molecule has 5 aliphatic heterocycles. The Labute approximate surface area is 385 Å². The number of nitrogens with zero attached hydrogens (tertiary/aromatic N) is 7. The minimum atomic E-state index is -0.983. The van der Waals surface area contributed by atoms with E-state index in [-0.39, 0.29) is 54.9 Å². The summed E-state index contributed by atoms with van der Waals surface area (Å²) in [4.78, 5) is 93.7. The van der Waals surface area contributed by atoms with E-state index in [1.165, 1.54) is 7.05 Å². The molecule has 1 saturated carbocycles. The molecule has 5 fully saturated rings. The first-order chi connectivity index (χ1) is 31.8. The summed E-state index contributed by atoms with van der Waals surface area (Å²) in [6.45, 7) is 6.72. The van der Waals surface area contributed by atoms with Crippen LogP contribution in [0.25, 0.3) is 10.9 Å². The Morgan fingerprint density at radius 1 is 0.879 bits per heavy atom. The van der Waals surface area contributed by atoms with Crippen molar-refractivity contribution >= 4 is 75.2 Å². The number of ether oxygens (including phenoxy) is 2. The van der Waals surface area contributed by atoms with Gasteiger partial charge in [-0.1, -0.05) is 11.6 Å². The second kappa shape index (κ2) is 17.6. The summed E-state index contributed by atoms with van der Waals surface area (Å²) in [6, 6.07) is 12.8. The predicted molar refractivity (Wildman–Crippen MR) is 246 cm³/mol. The highest BCUT2D eigenvalue weighted by atomic mass is 35.5. The highest BCUT2D eigenvalue weighted by molar-refractivity contribution is 6.33. The van der Waals surface area contributed by atoms with Crippen LogP contribution in [0.15, 0.2) is 53.5 Å².